The fraction of sp³-hybridized carbons (Fsp3) is 0.455. The number of hydrogen-bond donors (Lipinski definition) is 0. The standard InChI is InChI=1S/C11H15ClN4/c1-8(6-12)16(3)11-10-9(4-5-13-11)15(2)7-14-10/h4-5,7-8H,6H2,1-3H3. The Kier molecular flexibility index (Phi) is 3.01. The summed E-state index contributed by atoms with van der Waals surface area (Å²) >= 11 is 5.86. The molecule has 1 unspecified atom stereocenters. The molecular formula is C11H15ClN4. The number of halogens is 1. The van der Waals surface area contributed by atoms with E-state index in [0.29, 0.717) is 5.88 Å². The Morgan fingerprint density at radius 1 is 1.50 bits per heavy atom. The summed E-state index contributed by atoms with van der Waals surface area (Å²) in [4.78, 5) is 10.8. The summed E-state index contributed by atoms with van der Waals surface area (Å²) in [7, 11) is 3.97. The van der Waals surface area contributed by atoms with Crippen molar-refractivity contribution in [3.63, 3.8) is 0 Å². The SMILES string of the molecule is CC(CCl)N(C)c1nccc2c1ncn2C. The molecule has 0 aliphatic heterocycles. The third kappa shape index (κ3) is 1.73. The fourth-order valence-electron chi connectivity index (χ4n) is 1.62. The number of fused-ring (bicyclic) bond motifs is 1. The van der Waals surface area contributed by atoms with E-state index in [0.717, 1.165) is 16.9 Å². The van der Waals surface area contributed by atoms with Crippen LogP contribution in [0.4, 0.5) is 5.82 Å². The number of aromatic nitrogens is 3. The first-order valence-electron chi connectivity index (χ1n) is 5.20. The van der Waals surface area contributed by atoms with Crippen LogP contribution in [0.1, 0.15) is 6.92 Å². The highest BCUT2D eigenvalue weighted by Crippen LogP contribution is 2.22. The fourth-order valence-corrected chi connectivity index (χ4v) is 1.83. The van der Waals surface area contributed by atoms with Crippen LogP contribution in [0.15, 0.2) is 18.6 Å². The molecule has 0 amide bonds. The Labute approximate surface area is 99.9 Å². The number of pyridine rings is 1. The summed E-state index contributed by atoms with van der Waals surface area (Å²) in [5, 5.41) is 0. The van der Waals surface area contributed by atoms with Crippen molar-refractivity contribution in [2.45, 2.75) is 13.0 Å². The van der Waals surface area contributed by atoms with Gasteiger partial charge in [-0.2, -0.15) is 0 Å². The summed E-state index contributed by atoms with van der Waals surface area (Å²) in [5.74, 6) is 1.45. The molecule has 2 rings (SSSR count). The number of rotatable bonds is 3. The zero-order valence-electron chi connectivity index (χ0n) is 9.68. The van der Waals surface area contributed by atoms with Crippen molar-refractivity contribution < 1.29 is 0 Å². The molecule has 0 radical (unpaired) electrons. The molecule has 2 aromatic heterocycles. The van der Waals surface area contributed by atoms with Crippen LogP contribution in [0, 0.1) is 0 Å². The molecule has 0 saturated heterocycles. The van der Waals surface area contributed by atoms with Gasteiger partial charge in [0.2, 0.25) is 0 Å². The highest BCUT2D eigenvalue weighted by molar-refractivity contribution is 6.18. The van der Waals surface area contributed by atoms with Gasteiger partial charge in [0.05, 0.1) is 11.8 Å². The summed E-state index contributed by atoms with van der Waals surface area (Å²) in [5.41, 5.74) is 2.00. The Bertz CT molecular complexity index is 494. The Balaban J connectivity index is 2.52. The minimum absolute atomic E-state index is 0.238. The molecule has 0 N–H and O–H groups in total. The number of hydrogen-bond acceptors (Lipinski definition) is 3. The highest BCUT2D eigenvalue weighted by atomic mass is 35.5. The Morgan fingerprint density at radius 3 is 2.94 bits per heavy atom. The van der Waals surface area contributed by atoms with Gasteiger partial charge in [0, 0.05) is 32.2 Å². The molecule has 0 aromatic carbocycles. The number of imidazole rings is 1. The highest BCUT2D eigenvalue weighted by Gasteiger charge is 2.15. The topological polar surface area (TPSA) is 34.0 Å². The number of anilines is 1. The van der Waals surface area contributed by atoms with E-state index < -0.39 is 0 Å². The molecule has 0 fully saturated rings. The summed E-state index contributed by atoms with van der Waals surface area (Å²) < 4.78 is 1.99. The first kappa shape index (κ1) is 11.2. The van der Waals surface area contributed by atoms with Gasteiger partial charge in [-0.1, -0.05) is 0 Å². The normalized spacial score (nSPS) is 13.0. The van der Waals surface area contributed by atoms with Crippen molar-refractivity contribution in [1.82, 2.24) is 14.5 Å². The van der Waals surface area contributed by atoms with Crippen LogP contribution in [0.5, 0.6) is 0 Å². The monoisotopic (exact) mass is 238 g/mol. The van der Waals surface area contributed by atoms with E-state index in [1.807, 2.05) is 24.7 Å². The van der Waals surface area contributed by atoms with Crippen molar-refractivity contribution in [3.8, 4) is 0 Å². The van der Waals surface area contributed by atoms with Crippen LogP contribution in [0.3, 0.4) is 0 Å². The predicted octanol–water partition coefficient (Wildman–Crippen LogP) is 2.03. The average molecular weight is 239 g/mol. The lowest BCUT2D eigenvalue weighted by Crippen LogP contribution is -2.31. The Morgan fingerprint density at radius 2 is 2.25 bits per heavy atom. The van der Waals surface area contributed by atoms with Gasteiger partial charge in [-0.05, 0) is 13.0 Å². The Hall–Kier alpha value is -1.29. The van der Waals surface area contributed by atoms with Crippen LogP contribution >= 0.6 is 11.6 Å². The minimum atomic E-state index is 0.238. The minimum Gasteiger partial charge on any atom is -0.354 e. The number of aryl methyl sites for hydroxylation is 1. The van der Waals surface area contributed by atoms with Crippen molar-refractivity contribution in [3.05, 3.63) is 18.6 Å². The maximum Gasteiger partial charge on any atom is 0.156 e. The molecule has 2 aromatic rings. The van der Waals surface area contributed by atoms with E-state index in [4.69, 9.17) is 11.6 Å². The van der Waals surface area contributed by atoms with Crippen molar-refractivity contribution in [2.24, 2.45) is 7.05 Å². The van der Waals surface area contributed by atoms with Gasteiger partial charge < -0.3 is 9.47 Å². The molecule has 86 valence electrons. The zero-order valence-corrected chi connectivity index (χ0v) is 10.4. The second-order valence-corrected chi connectivity index (χ2v) is 4.28. The first-order chi connectivity index (χ1) is 7.65. The lowest BCUT2D eigenvalue weighted by Gasteiger charge is -2.24. The van der Waals surface area contributed by atoms with Crippen LogP contribution < -0.4 is 4.90 Å². The van der Waals surface area contributed by atoms with Crippen molar-refractivity contribution in [2.75, 3.05) is 17.8 Å². The van der Waals surface area contributed by atoms with Crippen LogP contribution in [-0.2, 0) is 7.05 Å². The third-order valence-electron chi connectivity index (χ3n) is 2.84. The number of nitrogens with zero attached hydrogens (tertiary/aromatic N) is 4. The maximum absolute atomic E-state index is 5.86. The molecule has 0 aliphatic rings. The first-order valence-corrected chi connectivity index (χ1v) is 5.73. The van der Waals surface area contributed by atoms with E-state index >= 15 is 0 Å². The maximum atomic E-state index is 5.86. The molecule has 0 bridgehead atoms. The van der Waals surface area contributed by atoms with E-state index in [-0.39, 0.29) is 6.04 Å². The van der Waals surface area contributed by atoms with Gasteiger partial charge in [0.25, 0.3) is 0 Å². The van der Waals surface area contributed by atoms with Gasteiger partial charge >= 0.3 is 0 Å². The van der Waals surface area contributed by atoms with E-state index in [2.05, 4.69) is 21.8 Å². The van der Waals surface area contributed by atoms with Gasteiger partial charge in [-0.15, -0.1) is 11.6 Å². The van der Waals surface area contributed by atoms with Gasteiger partial charge in [0.15, 0.2) is 5.82 Å². The molecule has 2 heterocycles. The van der Waals surface area contributed by atoms with E-state index in [1.165, 1.54) is 0 Å². The molecular weight excluding hydrogens is 224 g/mol. The van der Waals surface area contributed by atoms with Gasteiger partial charge in [-0.3, -0.25) is 0 Å². The summed E-state index contributed by atoms with van der Waals surface area (Å²) in [6.45, 7) is 2.07. The average Bonchev–Trinajstić information content (AvgIpc) is 2.69. The third-order valence-corrected chi connectivity index (χ3v) is 3.29. The smallest absolute Gasteiger partial charge is 0.156 e. The molecule has 0 saturated carbocycles. The predicted molar refractivity (Wildman–Crippen MR) is 67.1 cm³/mol. The van der Waals surface area contributed by atoms with Crippen LogP contribution in [0.2, 0.25) is 0 Å². The molecule has 4 nitrogen and oxygen atoms in total. The van der Waals surface area contributed by atoms with Crippen molar-refractivity contribution >= 4 is 28.5 Å². The molecule has 5 heteroatoms. The second-order valence-electron chi connectivity index (χ2n) is 3.97. The van der Waals surface area contributed by atoms with Crippen LogP contribution in [0.25, 0.3) is 11.0 Å². The molecule has 1 atom stereocenters. The number of alkyl halides is 1. The summed E-state index contributed by atoms with van der Waals surface area (Å²) in [6.07, 6.45) is 3.60. The molecule has 0 spiro atoms. The second kappa shape index (κ2) is 4.29. The van der Waals surface area contributed by atoms with Crippen LogP contribution in [-0.4, -0.2) is 33.5 Å². The van der Waals surface area contributed by atoms with Crippen molar-refractivity contribution in [1.29, 1.82) is 0 Å². The quantitative estimate of drug-likeness (QED) is 0.768. The van der Waals surface area contributed by atoms with Gasteiger partial charge in [0.1, 0.15) is 5.52 Å². The zero-order chi connectivity index (χ0) is 11.7. The summed E-state index contributed by atoms with van der Waals surface area (Å²) in [6, 6.07) is 2.20. The van der Waals surface area contributed by atoms with E-state index in [9.17, 15) is 0 Å². The lowest BCUT2D eigenvalue weighted by atomic mass is 10.3. The van der Waals surface area contributed by atoms with E-state index in [1.54, 1.807) is 12.5 Å². The lowest BCUT2D eigenvalue weighted by molar-refractivity contribution is 0.752. The molecule has 16 heavy (non-hydrogen) atoms. The largest absolute Gasteiger partial charge is 0.354 e. The molecule has 0 aliphatic carbocycles. The van der Waals surface area contributed by atoms with Gasteiger partial charge in [-0.25, -0.2) is 9.97 Å².